The number of rotatable bonds is 35. The average molecular weight is 670 g/mol. The van der Waals surface area contributed by atoms with E-state index in [0.29, 0.717) is 6.42 Å². The number of allylic oxidation sites excluding steroid dienone is 3. The molecule has 0 radical (unpaired) electrons. The second-order valence-electron chi connectivity index (χ2n) is 13.6. The van der Waals surface area contributed by atoms with Crippen LogP contribution in [0.4, 0.5) is 0 Å². The van der Waals surface area contributed by atoms with E-state index in [1.54, 1.807) is 6.08 Å². The summed E-state index contributed by atoms with van der Waals surface area (Å²) in [5.41, 5.74) is 0. The van der Waals surface area contributed by atoms with Gasteiger partial charge in [-0.05, 0) is 44.9 Å². The molecule has 0 bridgehead atoms. The summed E-state index contributed by atoms with van der Waals surface area (Å²) < 4.78 is 32.4. The van der Waals surface area contributed by atoms with Crippen molar-refractivity contribution in [2.24, 2.45) is 0 Å². The van der Waals surface area contributed by atoms with Crippen molar-refractivity contribution in [1.29, 1.82) is 0 Å². The van der Waals surface area contributed by atoms with Gasteiger partial charge in [-0.15, -0.1) is 0 Å². The average Bonchev–Trinajstić information content (AvgIpc) is 3.01. The molecule has 7 heteroatoms. The molecule has 0 rings (SSSR count). The van der Waals surface area contributed by atoms with Gasteiger partial charge >= 0.3 is 0 Å². The Kier molecular flexibility index (Phi) is 32.8. The molecule has 272 valence electrons. The first-order chi connectivity index (χ1) is 22.3. The summed E-state index contributed by atoms with van der Waals surface area (Å²) in [6, 6.07) is -1.05. The van der Waals surface area contributed by atoms with Crippen LogP contribution in [-0.2, 0) is 14.9 Å². The summed E-state index contributed by atoms with van der Waals surface area (Å²) in [7, 11) is -4.34. The van der Waals surface area contributed by atoms with Crippen LogP contribution in [0.2, 0.25) is 0 Å². The normalized spacial score (nSPS) is 13.6. The number of amides is 1. The van der Waals surface area contributed by atoms with E-state index < -0.39 is 28.0 Å². The largest absolute Gasteiger partial charge is 0.387 e. The van der Waals surface area contributed by atoms with Gasteiger partial charge in [-0.2, -0.15) is 8.42 Å². The van der Waals surface area contributed by atoms with Crippen LogP contribution in [0.15, 0.2) is 24.3 Å². The first-order valence-electron chi connectivity index (χ1n) is 19.5. The van der Waals surface area contributed by atoms with Crippen molar-refractivity contribution in [1.82, 2.24) is 5.32 Å². The Morgan fingerprint density at radius 1 is 0.565 bits per heavy atom. The third kappa shape index (κ3) is 34.2. The van der Waals surface area contributed by atoms with Crippen molar-refractivity contribution in [3.8, 4) is 0 Å². The molecule has 0 aromatic heterocycles. The Hall–Kier alpha value is -1.18. The van der Waals surface area contributed by atoms with E-state index in [0.717, 1.165) is 38.5 Å². The minimum Gasteiger partial charge on any atom is -0.387 e. The number of carbonyl (C=O) groups excluding carboxylic acids is 1. The fourth-order valence-corrected chi connectivity index (χ4v) is 6.65. The monoisotopic (exact) mass is 670 g/mol. The molecular formula is C39H75NO5S. The maximum Gasteiger partial charge on any atom is 0.267 e. The van der Waals surface area contributed by atoms with Gasteiger partial charge in [0.05, 0.1) is 17.9 Å². The first-order valence-corrected chi connectivity index (χ1v) is 21.1. The van der Waals surface area contributed by atoms with Gasteiger partial charge in [0.1, 0.15) is 0 Å². The highest BCUT2D eigenvalue weighted by atomic mass is 32.2. The van der Waals surface area contributed by atoms with Crippen molar-refractivity contribution in [3.63, 3.8) is 0 Å². The fraction of sp³-hybridized carbons (Fsp3) is 0.872. The van der Waals surface area contributed by atoms with Gasteiger partial charge in [-0.3, -0.25) is 9.35 Å². The molecule has 2 atom stereocenters. The van der Waals surface area contributed by atoms with Crippen molar-refractivity contribution in [2.45, 2.75) is 212 Å². The van der Waals surface area contributed by atoms with Crippen molar-refractivity contribution < 1.29 is 22.9 Å². The van der Waals surface area contributed by atoms with E-state index in [1.807, 2.05) is 6.08 Å². The molecule has 46 heavy (non-hydrogen) atoms. The minimum atomic E-state index is -4.34. The number of aliphatic hydroxyl groups is 1. The van der Waals surface area contributed by atoms with E-state index >= 15 is 0 Å². The predicted octanol–water partition coefficient (Wildman–Crippen LogP) is 11.2. The van der Waals surface area contributed by atoms with Gasteiger partial charge in [0.15, 0.2) is 0 Å². The molecule has 0 aliphatic rings. The second-order valence-corrected chi connectivity index (χ2v) is 15.1. The first kappa shape index (κ1) is 44.8. The van der Waals surface area contributed by atoms with E-state index in [9.17, 15) is 22.9 Å². The Morgan fingerprint density at radius 2 is 0.913 bits per heavy atom. The zero-order valence-electron chi connectivity index (χ0n) is 30.2. The SMILES string of the molecule is CCCCCCCC/C=C\CCCCCCCCCCCC(=O)NC(CS(=O)(=O)O)C(O)/C=C/CCCCCCCCCCCC. The number of aliphatic hydroxyl groups excluding tert-OH is 1. The van der Waals surface area contributed by atoms with Gasteiger partial charge in [0.25, 0.3) is 10.1 Å². The van der Waals surface area contributed by atoms with E-state index in [-0.39, 0.29) is 5.91 Å². The summed E-state index contributed by atoms with van der Waals surface area (Å²) in [6.45, 7) is 4.50. The molecule has 1 amide bonds. The fourth-order valence-electron chi connectivity index (χ4n) is 5.91. The molecular weight excluding hydrogens is 594 g/mol. The summed E-state index contributed by atoms with van der Waals surface area (Å²) in [5.74, 6) is -0.977. The van der Waals surface area contributed by atoms with Crippen LogP contribution in [0.1, 0.15) is 200 Å². The number of hydrogen-bond acceptors (Lipinski definition) is 4. The lowest BCUT2D eigenvalue weighted by molar-refractivity contribution is -0.122. The lowest BCUT2D eigenvalue weighted by atomic mass is 10.0. The summed E-state index contributed by atoms with van der Waals surface area (Å²) in [5, 5.41) is 13.2. The van der Waals surface area contributed by atoms with Crippen LogP contribution in [0.25, 0.3) is 0 Å². The molecule has 0 saturated heterocycles. The van der Waals surface area contributed by atoms with Crippen LogP contribution in [0.3, 0.4) is 0 Å². The van der Waals surface area contributed by atoms with Gasteiger partial charge < -0.3 is 10.4 Å². The zero-order chi connectivity index (χ0) is 34.0. The van der Waals surface area contributed by atoms with Gasteiger partial charge in [0, 0.05) is 6.42 Å². The summed E-state index contributed by atoms with van der Waals surface area (Å²) >= 11 is 0. The van der Waals surface area contributed by atoms with Gasteiger partial charge in [0.2, 0.25) is 5.91 Å². The smallest absolute Gasteiger partial charge is 0.267 e. The summed E-state index contributed by atoms with van der Waals surface area (Å²) in [4.78, 5) is 12.5. The minimum absolute atomic E-state index is 0.281. The molecule has 2 unspecified atom stereocenters. The molecule has 0 saturated carbocycles. The number of hydrogen-bond donors (Lipinski definition) is 3. The second kappa shape index (κ2) is 33.7. The summed E-state index contributed by atoms with van der Waals surface area (Å²) in [6.07, 6.45) is 41.6. The third-order valence-electron chi connectivity index (χ3n) is 8.87. The van der Waals surface area contributed by atoms with Crippen molar-refractivity contribution >= 4 is 16.0 Å². The third-order valence-corrected chi connectivity index (χ3v) is 9.65. The molecule has 0 aliphatic heterocycles. The molecule has 6 nitrogen and oxygen atoms in total. The lowest BCUT2D eigenvalue weighted by Crippen LogP contribution is -2.46. The van der Waals surface area contributed by atoms with Gasteiger partial charge in [-0.1, -0.05) is 173 Å². The molecule has 3 N–H and O–H groups in total. The van der Waals surface area contributed by atoms with Crippen LogP contribution >= 0.6 is 0 Å². The number of nitrogens with one attached hydrogen (secondary N) is 1. The molecule has 0 aliphatic carbocycles. The Balaban J connectivity index is 3.90. The number of carbonyl (C=O) groups is 1. The highest BCUT2D eigenvalue weighted by molar-refractivity contribution is 7.85. The lowest BCUT2D eigenvalue weighted by Gasteiger charge is -2.21. The predicted molar refractivity (Wildman–Crippen MR) is 198 cm³/mol. The Labute approximate surface area is 285 Å². The van der Waals surface area contributed by atoms with E-state index in [2.05, 4.69) is 31.3 Å². The molecule has 0 aromatic carbocycles. The van der Waals surface area contributed by atoms with Gasteiger partial charge in [-0.25, -0.2) is 0 Å². The van der Waals surface area contributed by atoms with E-state index in [1.165, 1.54) is 141 Å². The Bertz CT molecular complexity index is 826. The standard InChI is InChI=1S/C39H75NO5S/c1-3-5-7-9-11-13-15-17-18-19-20-21-22-23-25-27-29-31-33-35-39(42)40-37(36-46(43,44)45)38(41)34-32-30-28-26-24-16-14-12-10-8-6-4-2/h17-18,32,34,37-38,41H,3-16,19-31,33,35-36H2,1-2H3,(H,40,42)(H,43,44,45)/b18-17-,34-32+. The topological polar surface area (TPSA) is 104 Å². The Morgan fingerprint density at radius 3 is 1.30 bits per heavy atom. The van der Waals surface area contributed by atoms with Crippen LogP contribution in [-0.4, -0.2) is 41.9 Å². The maximum absolute atomic E-state index is 12.5. The quantitative estimate of drug-likeness (QED) is 0.0354. The van der Waals surface area contributed by atoms with Crippen LogP contribution in [0.5, 0.6) is 0 Å². The molecule has 0 fully saturated rings. The van der Waals surface area contributed by atoms with Crippen molar-refractivity contribution in [2.75, 3.05) is 5.75 Å². The highest BCUT2D eigenvalue weighted by Crippen LogP contribution is 2.14. The molecule has 0 aromatic rings. The molecule has 0 heterocycles. The molecule has 0 spiro atoms. The maximum atomic E-state index is 12.5. The van der Waals surface area contributed by atoms with Crippen LogP contribution < -0.4 is 5.32 Å². The number of unbranched alkanes of at least 4 members (excludes halogenated alkanes) is 25. The van der Waals surface area contributed by atoms with Crippen LogP contribution in [0, 0.1) is 0 Å². The highest BCUT2D eigenvalue weighted by Gasteiger charge is 2.24. The van der Waals surface area contributed by atoms with E-state index in [4.69, 9.17) is 0 Å². The zero-order valence-corrected chi connectivity index (χ0v) is 31.0. The van der Waals surface area contributed by atoms with Crippen molar-refractivity contribution in [3.05, 3.63) is 24.3 Å².